The molecule has 3 nitrogen and oxygen atoms in total. The van der Waals surface area contributed by atoms with Gasteiger partial charge in [0.25, 0.3) is 0 Å². The van der Waals surface area contributed by atoms with E-state index in [0.29, 0.717) is 5.92 Å². The molecule has 0 saturated carbocycles. The van der Waals surface area contributed by atoms with E-state index in [1.54, 1.807) is 0 Å². The molecule has 0 aliphatic heterocycles. The van der Waals surface area contributed by atoms with Crippen molar-refractivity contribution in [1.29, 1.82) is 0 Å². The fraction of sp³-hybridized carbons (Fsp3) is 0.562. The molecule has 2 heterocycles. The van der Waals surface area contributed by atoms with Crippen molar-refractivity contribution >= 4 is 27.6 Å². The van der Waals surface area contributed by atoms with Crippen molar-refractivity contribution in [2.24, 2.45) is 0 Å². The van der Waals surface area contributed by atoms with Crippen LogP contribution < -0.4 is 0 Å². The molecule has 1 atom stereocenters. The van der Waals surface area contributed by atoms with Gasteiger partial charge in [-0.15, -0.1) is 0 Å². The number of aryl methyl sites for hydroxylation is 1. The fourth-order valence-corrected chi connectivity index (χ4v) is 6.47. The monoisotopic (exact) mass is 471 g/mol. The SMILES string of the molecule is CC.CCC(C)c1c(C)ccc2nc(C(C)(C)C)n3c4cc5c(cc4nc3c12)C(C)(C)CC5(C)C. The molecule has 2 aromatic carbocycles. The van der Waals surface area contributed by atoms with Gasteiger partial charge in [-0.3, -0.25) is 4.40 Å². The molecule has 0 N–H and O–H groups in total. The molecule has 3 heteroatoms. The van der Waals surface area contributed by atoms with Crippen LogP contribution in [0, 0.1) is 6.92 Å². The molecule has 0 amide bonds. The summed E-state index contributed by atoms with van der Waals surface area (Å²) in [6.07, 6.45) is 2.26. The Labute approximate surface area is 212 Å². The van der Waals surface area contributed by atoms with Crippen LogP contribution in [0.4, 0.5) is 0 Å². The average Bonchev–Trinajstić information content (AvgIpc) is 3.23. The van der Waals surface area contributed by atoms with E-state index in [2.05, 4.69) is 97.9 Å². The van der Waals surface area contributed by atoms with Gasteiger partial charge < -0.3 is 0 Å². The van der Waals surface area contributed by atoms with Gasteiger partial charge in [-0.2, -0.15) is 0 Å². The third kappa shape index (κ3) is 3.86. The van der Waals surface area contributed by atoms with Gasteiger partial charge >= 0.3 is 0 Å². The molecule has 35 heavy (non-hydrogen) atoms. The lowest BCUT2D eigenvalue weighted by atomic mass is 9.82. The van der Waals surface area contributed by atoms with Crippen LogP contribution in [0.2, 0.25) is 0 Å². The summed E-state index contributed by atoms with van der Waals surface area (Å²) in [7, 11) is 0. The quantitative estimate of drug-likeness (QED) is 0.292. The second kappa shape index (κ2) is 8.32. The van der Waals surface area contributed by atoms with E-state index in [4.69, 9.17) is 9.97 Å². The number of hydrogen-bond donors (Lipinski definition) is 0. The van der Waals surface area contributed by atoms with E-state index in [0.717, 1.165) is 35.3 Å². The second-order valence-corrected chi connectivity index (χ2v) is 12.8. The summed E-state index contributed by atoms with van der Waals surface area (Å²) >= 11 is 0. The van der Waals surface area contributed by atoms with E-state index < -0.39 is 0 Å². The van der Waals surface area contributed by atoms with Gasteiger partial charge in [0.05, 0.1) is 16.6 Å². The first kappa shape index (κ1) is 25.7. The zero-order chi connectivity index (χ0) is 26.1. The first-order valence-electron chi connectivity index (χ1n) is 13.6. The summed E-state index contributed by atoms with van der Waals surface area (Å²) in [6, 6.07) is 9.24. The van der Waals surface area contributed by atoms with Gasteiger partial charge in [-0.25, -0.2) is 9.97 Å². The predicted molar refractivity (Wildman–Crippen MR) is 152 cm³/mol. The zero-order valence-corrected chi connectivity index (χ0v) is 24.1. The Morgan fingerprint density at radius 1 is 0.943 bits per heavy atom. The number of hydrogen-bond acceptors (Lipinski definition) is 2. The van der Waals surface area contributed by atoms with Gasteiger partial charge in [0.2, 0.25) is 0 Å². The molecule has 1 unspecified atom stereocenters. The molecular weight excluding hydrogens is 426 g/mol. The maximum atomic E-state index is 5.35. The van der Waals surface area contributed by atoms with Crippen molar-refractivity contribution in [3.8, 4) is 0 Å². The van der Waals surface area contributed by atoms with Crippen molar-refractivity contribution < 1.29 is 0 Å². The minimum absolute atomic E-state index is 0.102. The van der Waals surface area contributed by atoms with Crippen molar-refractivity contribution in [1.82, 2.24) is 14.4 Å². The molecule has 1 aliphatic rings. The molecule has 0 fully saturated rings. The summed E-state index contributed by atoms with van der Waals surface area (Å²) in [4.78, 5) is 10.6. The summed E-state index contributed by atoms with van der Waals surface area (Å²) in [5, 5.41) is 1.23. The first-order valence-corrected chi connectivity index (χ1v) is 13.6. The van der Waals surface area contributed by atoms with E-state index in [-0.39, 0.29) is 16.2 Å². The summed E-state index contributed by atoms with van der Waals surface area (Å²) < 4.78 is 2.38. The lowest BCUT2D eigenvalue weighted by Crippen LogP contribution is -2.19. The molecule has 4 aromatic rings. The normalized spacial score (nSPS) is 17.5. The fourth-order valence-electron chi connectivity index (χ4n) is 6.47. The highest BCUT2D eigenvalue weighted by molar-refractivity contribution is 6.00. The van der Waals surface area contributed by atoms with E-state index >= 15 is 0 Å². The molecule has 1 aliphatic carbocycles. The Morgan fingerprint density at radius 2 is 1.54 bits per heavy atom. The van der Waals surface area contributed by atoms with Crippen molar-refractivity contribution in [3.63, 3.8) is 0 Å². The van der Waals surface area contributed by atoms with E-state index in [1.165, 1.54) is 33.2 Å². The minimum Gasteiger partial charge on any atom is -0.279 e. The van der Waals surface area contributed by atoms with Crippen LogP contribution in [0.15, 0.2) is 24.3 Å². The van der Waals surface area contributed by atoms with E-state index in [1.807, 2.05) is 13.8 Å². The Balaban J connectivity index is 0.00000141. The van der Waals surface area contributed by atoms with Crippen LogP contribution in [-0.4, -0.2) is 14.4 Å². The highest BCUT2D eigenvalue weighted by Gasteiger charge is 2.42. The molecule has 188 valence electrons. The highest BCUT2D eigenvalue weighted by atomic mass is 15.1. The standard InChI is InChI=1S/C30H39N3.C2H6/c1-11-17(2)24-18(3)12-13-21-25(24)26-31-22-14-19-20(30(9,10)16-29(19,7)8)15-23(22)33(26)27(32-21)28(4,5)6;1-2/h12-15,17H,11,16H2,1-10H3;1-2H3. The molecule has 0 bridgehead atoms. The van der Waals surface area contributed by atoms with Crippen LogP contribution in [0.25, 0.3) is 27.6 Å². The third-order valence-corrected chi connectivity index (χ3v) is 8.02. The Bertz CT molecular complexity index is 1430. The van der Waals surface area contributed by atoms with E-state index in [9.17, 15) is 0 Å². The number of benzene rings is 2. The Hall–Kier alpha value is -2.42. The van der Waals surface area contributed by atoms with Gasteiger partial charge in [-0.1, -0.05) is 82.2 Å². The number of aromatic nitrogens is 3. The number of rotatable bonds is 2. The van der Waals surface area contributed by atoms with Gasteiger partial charge in [0.15, 0.2) is 0 Å². The molecule has 2 aromatic heterocycles. The third-order valence-electron chi connectivity index (χ3n) is 8.02. The minimum atomic E-state index is -0.102. The van der Waals surface area contributed by atoms with Crippen LogP contribution in [0.5, 0.6) is 0 Å². The molecule has 0 spiro atoms. The van der Waals surface area contributed by atoms with Crippen molar-refractivity contribution in [2.75, 3.05) is 0 Å². The smallest absolute Gasteiger partial charge is 0.149 e. The molecule has 0 saturated heterocycles. The Kier molecular flexibility index (Phi) is 6.10. The topological polar surface area (TPSA) is 30.2 Å². The number of imidazole rings is 1. The lowest BCUT2D eigenvalue weighted by molar-refractivity contribution is 0.403. The molecule has 5 rings (SSSR count). The second-order valence-electron chi connectivity index (χ2n) is 12.8. The van der Waals surface area contributed by atoms with Crippen LogP contribution in [-0.2, 0) is 16.2 Å². The van der Waals surface area contributed by atoms with Crippen LogP contribution >= 0.6 is 0 Å². The van der Waals surface area contributed by atoms with Crippen molar-refractivity contribution in [2.45, 2.75) is 118 Å². The predicted octanol–water partition coefficient (Wildman–Crippen LogP) is 9.14. The maximum Gasteiger partial charge on any atom is 0.149 e. The average molecular weight is 472 g/mol. The molecular formula is C32H45N3. The number of fused-ring (bicyclic) bond motifs is 6. The number of nitrogens with zero attached hydrogens (tertiary/aromatic N) is 3. The Morgan fingerprint density at radius 3 is 2.11 bits per heavy atom. The summed E-state index contributed by atoms with van der Waals surface area (Å²) in [5.41, 5.74) is 10.3. The summed E-state index contributed by atoms with van der Waals surface area (Å²) in [5.74, 6) is 1.55. The highest BCUT2D eigenvalue weighted by Crippen LogP contribution is 2.50. The van der Waals surface area contributed by atoms with Gasteiger partial charge in [0, 0.05) is 10.8 Å². The van der Waals surface area contributed by atoms with Crippen molar-refractivity contribution in [3.05, 3.63) is 52.3 Å². The van der Waals surface area contributed by atoms with Gasteiger partial charge in [0.1, 0.15) is 11.5 Å². The maximum absolute atomic E-state index is 5.35. The van der Waals surface area contributed by atoms with Crippen LogP contribution in [0.1, 0.15) is 123 Å². The first-order chi connectivity index (χ1) is 16.3. The summed E-state index contributed by atoms with van der Waals surface area (Å²) in [6.45, 7) is 27.2. The zero-order valence-electron chi connectivity index (χ0n) is 24.1. The largest absolute Gasteiger partial charge is 0.279 e. The van der Waals surface area contributed by atoms with Crippen LogP contribution in [0.3, 0.4) is 0 Å². The van der Waals surface area contributed by atoms with Gasteiger partial charge in [-0.05, 0) is 77.0 Å². The molecule has 0 radical (unpaired) electrons. The lowest BCUT2D eigenvalue weighted by Gasteiger charge is -2.23.